The van der Waals surface area contributed by atoms with E-state index in [0.29, 0.717) is 6.04 Å². The summed E-state index contributed by atoms with van der Waals surface area (Å²) in [5.74, 6) is 0. The van der Waals surface area contributed by atoms with Crippen LogP contribution >= 0.6 is 11.3 Å². The summed E-state index contributed by atoms with van der Waals surface area (Å²) in [5, 5.41) is 7.84. The van der Waals surface area contributed by atoms with Crippen molar-refractivity contribution in [3.05, 3.63) is 34.5 Å². The normalized spacial score (nSPS) is 29.4. The van der Waals surface area contributed by atoms with Crippen LogP contribution in [0.2, 0.25) is 0 Å². The molecule has 0 bridgehead atoms. The minimum atomic E-state index is 0.0273. The van der Waals surface area contributed by atoms with Crippen molar-refractivity contribution >= 4 is 11.3 Å². The summed E-state index contributed by atoms with van der Waals surface area (Å²) in [6, 6.07) is 4.86. The van der Waals surface area contributed by atoms with Crippen molar-refractivity contribution in [1.29, 1.82) is 0 Å². The summed E-state index contributed by atoms with van der Waals surface area (Å²) in [6.07, 6.45) is 7.08. The highest BCUT2D eigenvalue weighted by molar-refractivity contribution is 7.11. The summed E-state index contributed by atoms with van der Waals surface area (Å²) < 4.78 is 8.37. The van der Waals surface area contributed by atoms with Crippen LogP contribution in [-0.4, -0.2) is 45.0 Å². The van der Waals surface area contributed by atoms with E-state index in [4.69, 9.17) is 4.74 Å². The van der Waals surface area contributed by atoms with Crippen LogP contribution in [0.25, 0.3) is 0 Å². The van der Waals surface area contributed by atoms with Crippen LogP contribution in [0, 0.1) is 6.92 Å². The van der Waals surface area contributed by atoms with Crippen molar-refractivity contribution in [2.24, 2.45) is 0 Å². The molecule has 0 unspecified atom stereocenters. The van der Waals surface area contributed by atoms with Crippen molar-refractivity contribution in [2.45, 2.75) is 44.4 Å². The van der Waals surface area contributed by atoms with Gasteiger partial charge in [0.2, 0.25) is 0 Å². The fourth-order valence-corrected chi connectivity index (χ4v) is 4.74. The van der Waals surface area contributed by atoms with Gasteiger partial charge in [0.05, 0.1) is 18.2 Å². The van der Waals surface area contributed by atoms with Crippen LogP contribution in [0.4, 0.5) is 0 Å². The van der Waals surface area contributed by atoms with Crippen molar-refractivity contribution < 1.29 is 4.74 Å². The average Bonchev–Trinajstić information content (AvgIpc) is 3.21. The zero-order valence-electron chi connectivity index (χ0n) is 12.9. The van der Waals surface area contributed by atoms with Gasteiger partial charge in [-0.2, -0.15) is 0 Å². The highest BCUT2D eigenvalue weighted by Gasteiger charge is 2.43. The minimum Gasteiger partial charge on any atom is -0.371 e. The SMILES string of the molecule is Cc1ccc(CN2CCC[C@@]3(C[C@H](n4cnnc4)CO3)C2)s1. The molecule has 6 heteroatoms. The van der Waals surface area contributed by atoms with E-state index in [0.717, 1.165) is 26.1 Å². The van der Waals surface area contributed by atoms with Gasteiger partial charge in [-0.1, -0.05) is 0 Å². The quantitative estimate of drug-likeness (QED) is 0.872. The molecule has 118 valence electrons. The summed E-state index contributed by atoms with van der Waals surface area (Å²) in [6.45, 7) is 6.24. The first-order chi connectivity index (χ1) is 10.7. The van der Waals surface area contributed by atoms with Crippen LogP contribution in [0.1, 0.15) is 35.1 Å². The van der Waals surface area contributed by atoms with E-state index in [1.54, 1.807) is 0 Å². The Hall–Kier alpha value is -1.24. The summed E-state index contributed by atoms with van der Waals surface area (Å²) in [4.78, 5) is 5.41. The summed E-state index contributed by atoms with van der Waals surface area (Å²) >= 11 is 1.91. The number of piperidine rings is 1. The first kappa shape index (κ1) is 14.4. The van der Waals surface area contributed by atoms with E-state index in [-0.39, 0.29) is 5.60 Å². The van der Waals surface area contributed by atoms with E-state index in [1.165, 1.54) is 29.1 Å². The van der Waals surface area contributed by atoms with Crippen molar-refractivity contribution in [3.8, 4) is 0 Å². The molecule has 0 aromatic carbocycles. The Labute approximate surface area is 134 Å². The van der Waals surface area contributed by atoms with Gasteiger partial charge in [0.15, 0.2) is 0 Å². The van der Waals surface area contributed by atoms with Gasteiger partial charge in [0.1, 0.15) is 12.7 Å². The molecule has 2 atom stereocenters. The second-order valence-electron chi connectivity index (χ2n) is 6.59. The smallest absolute Gasteiger partial charge is 0.119 e. The van der Waals surface area contributed by atoms with Gasteiger partial charge in [0.25, 0.3) is 0 Å². The Kier molecular flexibility index (Phi) is 3.76. The number of rotatable bonds is 3. The molecule has 2 fully saturated rings. The zero-order valence-corrected chi connectivity index (χ0v) is 13.8. The third kappa shape index (κ3) is 2.83. The number of hydrogen-bond donors (Lipinski definition) is 0. The average molecular weight is 318 g/mol. The van der Waals surface area contributed by atoms with Crippen LogP contribution in [0.3, 0.4) is 0 Å². The molecular weight excluding hydrogens is 296 g/mol. The van der Waals surface area contributed by atoms with Gasteiger partial charge in [-0.3, -0.25) is 4.90 Å². The first-order valence-electron chi connectivity index (χ1n) is 7.98. The topological polar surface area (TPSA) is 43.2 Å². The lowest BCUT2D eigenvalue weighted by atomic mass is 9.88. The molecule has 2 saturated heterocycles. The lowest BCUT2D eigenvalue weighted by Gasteiger charge is -2.39. The molecule has 0 saturated carbocycles. The fraction of sp³-hybridized carbons (Fsp3) is 0.625. The van der Waals surface area contributed by atoms with E-state index < -0.39 is 0 Å². The second kappa shape index (κ2) is 5.76. The van der Waals surface area contributed by atoms with Crippen LogP contribution in [0.5, 0.6) is 0 Å². The Morgan fingerprint density at radius 3 is 3.00 bits per heavy atom. The highest BCUT2D eigenvalue weighted by Crippen LogP contribution is 2.39. The molecule has 4 heterocycles. The maximum Gasteiger partial charge on any atom is 0.119 e. The van der Waals surface area contributed by atoms with Crippen molar-refractivity contribution in [2.75, 3.05) is 19.7 Å². The predicted molar refractivity (Wildman–Crippen MR) is 85.9 cm³/mol. The Bertz CT molecular complexity index is 626. The number of aryl methyl sites for hydroxylation is 1. The number of hydrogen-bond acceptors (Lipinski definition) is 5. The molecule has 0 aliphatic carbocycles. The molecule has 1 spiro atoms. The zero-order chi connectivity index (χ0) is 15.0. The van der Waals surface area contributed by atoms with Gasteiger partial charge in [0, 0.05) is 29.3 Å². The molecule has 0 amide bonds. The van der Waals surface area contributed by atoms with E-state index in [9.17, 15) is 0 Å². The van der Waals surface area contributed by atoms with Crippen LogP contribution < -0.4 is 0 Å². The molecule has 4 rings (SSSR count). The molecule has 2 aromatic heterocycles. The minimum absolute atomic E-state index is 0.0273. The molecular formula is C16H22N4OS. The molecule has 0 N–H and O–H groups in total. The molecule has 0 radical (unpaired) electrons. The largest absolute Gasteiger partial charge is 0.371 e. The molecule has 2 aromatic rings. The lowest BCUT2D eigenvalue weighted by molar-refractivity contribution is -0.0532. The first-order valence-corrected chi connectivity index (χ1v) is 8.80. The number of ether oxygens (including phenoxy) is 1. The van der Waals surface area contributed by atoms with Crippen molar-refractivity contribution in [1.82, 2.24) is 19.7 Å². The monoisotopic (exact) mass is 318 g/mol. The lowest BCUT2D eigenvalue weighted by Crippen LogP contribution is -2.47. The molecule has 2 aliphatic rings. The number of nitrogens with zero attached hydrogens (tertiary/aromatic N) is 4. The highest BCUT2D eigenvalue weighted by atomic mass is 32.1. The maximum absolute atomic E-state index is 6.28. The second-order valence-corrected chi connectivity index (χ2v) is 7.96. The standard InChI is InChI=1S/C16H22N4OS/c1-13-3-4-15(22-13)8-19-6-2-5-16(10-19)7-14(9-21-16)20-11-17-18-12-20/h3-4,11-12,14H,2,5-10H2,1H3/t14-,16+/m0/s1. The molecule has 22 heavy (non-hydrogen) atoms. The number of thiophene rings is 1. The summed E-state index contributed by atoms with van der Waals surface area (Å²) in [7, 11) is 0. The Morgan fingerprint density at radius 2 is 2.23 bits per heavy atom. The summed E-state index contributed by atoms with van der Waals surface area (Å²) in [5.41, 5.74) is 0.0273. The third-order valence-electron chi connectivity index (χ3n) is 4.84. The maximum atomic E-state index is 6.28. The van der Waals surface area contributed by atoms with Gasteiger partial charge in [-0.15, -0.1) is 21.5 Å². The Morgan fingerprint density at radius 1 is 1.36 bits per heavy atom. The number of likely N-dealkylation sites (tertiary alicyclic amines) is 1. The van der Waals surface area contributed by atoms with Crippen LogP contribution in [0.15, 0.2) is 24.8 Å². The van der Waals surface area contributed by atoms with Gasteiger partial charge >= 0.3 is 0 Å². The molecule has 2 aliphatic heterocycles. The van der Waals surface area contributed by atoms with Gasteiger partial charge < -0.3 is 9.30 Å². The van der Waals surface area contributed by atoms with Gasteiger partial charge in [-0.25, -0.2) is 0 Å². The van der Waals surface area contributed by atoms with E-state index in [2.05, 4.69) is 38.7 Å². The van der Waals surface area contributed by atoms with Crippen molar-refractivity contribution in [3.63, 3.8) is 0 Å². The number of aromatic nitrogens is 3. The van der Waals surface area contributed by atoms with Crippen LogP contribution in [-0.2, 0) is 11.3 Å². The van der Waals surface area contributed by atoms with Gasteiger partial charge in [-0.05, 0) is 38.4 Å². The predicted octanol–water partition coefficient (Wildman–Crippen LogP) is 2.64. The van der Waals surface area contributed by atoms with E-state index >= 15 is 0 Å². The Balaban J connectivity index is 1.42. The van der Waals surface area contributed by atoms with E-state index in [1.807, 2.05) is 24.0 Å². The molecule has 5 nitrogen and oxygen atoms in total. The third-order valence-corrected chi connectivity index (χ3v) is 5.83. The fourth-order valence-electron chi connectivity index (χ4n) is 3.81.